The molecule has 0 aromatic heterocycles. The third kappa shape index (κ3) is 7.45. The summed E-state index contributed by atoms with van der Waals surface area (Å²) in [6.07, 6.45) is -5.45. The molecule has 2 aromatic carbocycles. The molecule has 0 radical (unpaired) electrons. The van der Waals surface area contributed by atoms with Crippen LogP contribution < -0.4 is 0 Å². The lowest BCUT2D eigenvalue weighted by atomic mass is 9.98. The van der Waals surface area contributed by atoms with E-state index in [-0.39, 0.29) is 31.8 Å². The Kier molecular flexibility index (Phi) is 9.53. The van der Waals surface area contributed by atoms with Crippen LogP contribution in [0.4, 0.5) is 0 Å². The molecule has 1 fully saturated rings. The first-order valence-corrected chi connectivity index (χ1v) is 10.9. The summed E-state index contributed by atoms with van der Waals surface area (Å²) in [5, 5.41) is 20.4. The largest absolute Gasteiger partial charge is 0.454 e. The molecular formula is C25H30O8. The molecule has 178 valence electrons. The van der Waals surface area contributed by atoms with Crippen LogP contribution in [-0.2, 0) is 41.8 Å². The van der Waals surface area contributed by atoms with Gasteiger partial charge >= 0.3 is 5.97 Å². The monoisotopic (exact) mass is 458 g/mol. The summed E-state index contributed by atoms with van der Waals surface area (Å²) in [7, 11) is 0. The molecular weight excluding hydrogens is 428 g/mol. The Morgan fingerprint density at radius 2 is 1.39 bits per heavy atom. The molecule has 5 atom stereocenters. The zero-order valence-corrected chi connectivity index (χ0v) is 18.5. The molecule has 1 aliphatic rings. The maximum Gasteiger partial charge on any atom is 0.306 e. The van der Waals surface area contributed by atoms with Crippen molar-refractivity contribution in [1.82, 2.24) is 0 Å². The van der Waals surface area contributed by atoms with Gasteiger partial charge in [0.15, 0.2) is 12.4 Å². The van der Waals surface area contributed by atoms with Gasteiger partial charge in [-0.2, -0.15) is 0 Å². The fourth-order valence-corrected chi connectivity index (χ4v) is 3.58. The number of aliphatic hydroxyl groups is 2. The molecule has 8 heteroatoms. The molecule has 2 aromatic rings. The quantitative estimate of drug-likeness (QED) is 0.493. The van der Waals surface area contributed by atoms with E-state index in [0.29, 0.717) is 0 Å². The van der Waals surface area contributed by atoms with Gasteiger partial charge in [-0.05, 0) is 18.1 Å². The molecule has 0 amide bonds. The third-order valence-corrected chi connectivity index (χ3v) is 5.31. The SMILES string of the molecule is CC(=O)CCC(=O)O[C@@H]1[C@@H](OCc2ccccc2)[C@H](OCc2ccccc2)[C@@H](CO)O[C@H]1O. The highest BCUT2D eigenvalue weighted by Gasteiger charge is 2.49. The van der Waals surface area contributed by atoms with Gasteiger partial charge in [0.1, 0.15) is 24.1 Å². The number of esters is 1. The Hall–Kier alpha value is -2.62. The number of hydrogen-bond donors (Lipinski definition) is 2. The second-order valence-corrected chi connectivity index (χ2v) is 7.93. The highest BCUT2D eigenvalue weighted by molar-refractivity contribution is 5.81. The van der Waals surface area contributed by atoms with Crippen LogP contribution in [0.2, 0.25) is 0 Å². The number of ether oxygens (including phenoxy) is 4. The van der Waals surface area contributed by atoms with Crippen LogP contribution in [0.1, 0.15) is 30.9 Å². The summed E-state index contributed by atoms with van der Waals surface area (Å²) < 4.78 is 23.1. The summed E-state index contributed by atoms with van der Waals surface area (Å²) in [6.45, 7) is 1.34. The van der Waals surface area contributed by atoms with Crippen molar-refractivity contribution in [3.8, 4) is 0 Å². The highest BCUT2D eigenvalue weighted by atomic mass is 16.7. The lowest BCUT2D eigenvalue weighted by molar-refractivity contribution is -0.308. The average Bonchev–Trinajstić information content (AvgIpc) is 2.83. The van der Waals surface area contributed by atoms with Gasteiger partial charge in [-0.15, -0.1) is 0 Å². The normalized spacial score (nSPS) is 24.9. The van der Waals surface area contributed by atoms with Gasteiger partial charge in [-0.3, -0.25) is 4.79 Å². The number of hydrogen-bond acceptors (Lipinski definition) is 8. The molecule has 2 N–H and O–H groups in total. The van der Waals surface area contributed by atoms with Crippen molar-refractivity contribution >= 4 is 11.8 Å². The summed E-state index contributed by atoms with van der Waals surface area (Å²) in [6, 6.07) is 18.8. The Morgan fingerprint density at radius 1 is 0.848 bits per heavy atom. The summed E-state index contributed by atoms with van der Waals surface area (Å²) >= 11 is 0. The van der Waals surface area contributed by atoms with Gasteiger partial charge in [0.25, 0.3) is 0 Å². The predicted octanol–water partition coefficient (Wildman–Crippen LogP) is 2.15. The number of aliphatic hydroxyl groups excluding tert-OH is 2. The summed E-state index contributed by atoms with van der Waals surface area (Å²) in [5.74, 6) is -0.802. The third-order valence-electron chi connectivity index (χ3n) is 5.31. The molecule has 8 nitrogen and oxygen atoms in total. The van der Waals surface area contributed by atoms with Crippen LogP contribution in [0, 0.1) is 0 Å². The van der Waals surface area contributed by atoms with Crippen LogP contribution in [0.25, 0.3) is 0 Å². The van der Waals surface area contributed by atoms with Crippen molar-refractivity contribution in [2.75, 3.05) is 6.61 Å². The Morgan fingerprint density at radius 3 is 1.91 bits per heavy atom. The maximum absolute atomic E-state index is 12.3. The molecule has 33 heavy (non-hydrogen) atoms. The van der Waals surface area contributed by atoms with Gasteiger partial charge in [-0.25, -0.2) is 0 Å². The van der Waals surface area contributed by atoms with E-state index in [9.17, 15) is 19.8 Å². The number of carbonyl (C=O) groups excluding carboxylic acids is 2. The summed E-state index contributed by atoms with van der Waals surface area (Å²) in [4.78, 5) is 23.6. The molecule has 3 rings (SSSR count). The smallest absolute Gasteiger partial charge is 0.306 e. The van der Waals surface area contributed by atoms with E-state index in [4.69, 9.17) is 18.9 Å². The van der Waals surface area contributed by atoms with E-state index in [1.165, 1.54) is 6.92 Å². The van der Waals surface area contributed by atoms with Crippen LogP contribution in [0.15, 0.2) is 60.7 Å². The van der Waals surface area contributed by atoms with E-state index >= 15 is 0 Å². The van der Waals surface area contributed by atoms with E-state index in [1.807, 2.05) is 60.7 Å². The minimum Gasteiger partial charge on any atom is -0.454 e. The molecule has 1 heterocycles. The number of rotatable bonds is 11. The Labute approximate surface area is 193 Å². The first-order chi connectivity index (χ1) is 16.0. The van der Waals surface area contributed by atoms with Gasteiger partial charge < -0.3 is 34.0 Å². The van der Waals surface area contributed by atoms with E-state index in [0.717, 1.165) is 11.1 Å². The van der Waals surface area contributed by atoms with Crippen molar-refractivity contribution in [2.24, 2.45) is 0 Å². The van der Waals surface area contributed by atoms with Crippen LogP contribution in [0.5, 0.6) is 0 Å². The van der Waals surface area contributed by atoms with Crippen LogP contribution in [-0.4, -0.2) is 59.3 Å². The van der Waals surface area contributed by atoms with Gasteiger partial charge in [0.05, 0.1) is 26.2 Å². The highest BCUT2D eigenvalue weighted by Crippen LogP contribution is 2.29. The molecule has 0 unspecified atom stereocenters. The molecule has 1 saturated heterocycles. The first kappa shape index (κ1) is 25.0. The number of benzene rings is 2. The minimum absolute atomic E-state index is 0.0330. The second-order valence-electron chi connectivity index (χ2n) is 7.93. The van der Waals surface area contributed by atoms with Crippen molar-refractivity contribution in [2.45, 2.75) is 63.7 Å². The first-order valence-electron chi connectivity index (χ1n) is 10.9. The van der Waals surface area contributed by atoms with E-state index < -0.39 is 43.3 Å². The van der Waals surface area contributed by atoms with Crippen molar-refractivity contribution in [3.63, 3.8) is 0 Å². The fraction of sp³-hybridized carbons (Fsp3) is 0.440. The number of carbonyl (C=O) groups is 2. The maximum atomic E-state index is 12.3. The number of ketones is 1. The standard InChI is InChI=1S/C25H30O8/c1-17(27)12-13-21(28)33-24-23(31-16-19-10-6-3-7-11-19)22(20(14-26)32-25(24)29)30-15-18-8-4-2-5-9-18/h2-11,20,22-26,29H,12-16H2,1H3/t20-,22-,23+,24-,25-/m1/s1. The lowest BCUT2D eigenvalue weighted by Crippen LogP contribution is -2.61. The minimum atomic E-state index is -1.53. The van der Waals surface area contributed by atoms with Gasteiger partial charge in [0, 0.05) is 6.42 Å². The molecule has 0 bridgehead atoms. The molecule has 0 saturated carbocycles. The molecule has 0 spiro atoms. The number of Topliss-reactive ketones (excluding diaryl/α,β-unsaturated/α-hetero) is 1. The van der Waals surface area contributed by atoms with E-state index in [2.05, 4.69) is 0 Å². The zero-order valence-electron chi connectivity index (χ0n) is 18.5. The zero-order chi connectivity index (χ0) is 23.6. The van der Waals surface area contributed by atoms with E-state index in [1.54, 1.807) is 0 Å². The average molecular weight is 459 g/mol. The van der Waals surface area contributed by atoms with Crippen LogP contribution in [0.3, 0.4) is 0 Å². The molecule has 1 aliphatic heterocycles. The lowest BCUT2D eigenvalue weighted by Gasteiger charge is -2.43. The molecule has 0 aliphatic carbocycles. The van der Waals surface area contributed by atoms with Crippen molar-refractivity contribution in [3.05, 3.63) is 71.8 Å². The van der Waals surface area contributed by atoms with Gasteiger partial charge in [-0.1, -0.05) is 60.7 Å². The summed E-state index contributed by atoms with van der Waals surface area (Å²) in [5.41, 5.74) is 1.78. The fourth-order valence-electron chi connectivity index (χ4n) is 3.58. The Bertz CT molecular complexity index is 872. The van der Waals surface area contributed by atoms with Crippen molar-refractivity contribution in [1.29, 1.82) is 0 Å². The van der Waals surface area contributed by atoms with Crippen LogP contribution >= 0.6 is 0 Å². The predicted molar refractivity (Wildman–Crippen MR) is 118 cm³/mol. The topological polar surface area (TPSA) is 112 Å². The Balaban J connectivity index is 1.79. The van der Waals surface area contributed by atoms with Gasteiger partial charge in [0.2, 0.25) is 0 Å². The second kappa shape index (κ2) is 12.6. The van der Waals surface area contributed by atoms with Crippen molar-refractivity contribution < 1.29 is 38.7 Å².